The highest BCUT2D eigenvalue weighted by molar-refractivity contribution is 5.92. The number of rotatable bonds is 4. The van der Waals surface area contributed by atoms with Crippen LogP contribution in [0.15, 0.2) is 23.3 Å². The number of allylic oxidation sites excluding steroid dienone is 1. The van der Waals surface area contributed by atoms with Crippen LogP contribution in [-0.2, 0) is 23.8 Å². The molecule has 0 aromatic carbocycles. The molecule has 5 heteroatoms. The fourth-order valence-corrected chi connectivity index (χ4v) is 5.86. The van der Waals surface area contributed by atoms with Crippen molar-refractivity contribution >= 4 is 11.9 Å². The lowest BCUT2D eigenvalue weighted by Gasteiger charge is -2.56. The third kappa shape index (κ3) is 2.47. The Labute approximate surface area is 154 Å². The molecule has 0 amide bonds. The molecule has 1 saturated heterocycles. The number of methoxy groups -OCH3 is 1. The second kappa shape index (κ2) is 6.22. The molecule has 4 aliphatic rings. The standard InChI is InChI=1S/C21H28O5/c1-13-7-10-21-12-25-19(23)15(21)5-4-6-16(21)20(13,2)9-8-14-11-17(24-3)26-18(14)22/h5,11,13,16-17H,4,6-10,12H2,1-3H3/t13?,16-,17?,20+,21-/m1/s1. The van der Waals surface area contributed by atoms with Gasteiger partial charge in [-0.2, -0.15) is 0 Å². The first kappa shape index (κ1) is 17.8. The number of carbonyl (C=O) groups is 2. The number of hydrogen-bond acceptors (Lipinski definition) is 5. The molecule has 142 valence electrons. The van der Waals surface area contributed by atoms with Crippen LogP contribution in [-0.4, -0.2) is 31.9 Å². The molecule has 1 saturated carbocycles. The van der Waals surface area contributed by atoms with Crippen molar-refractivity contribution in [3.05, 3.63) is 23.3 Å². The summed E-state index contributed by atoms with van der Waals surface area (Å²) in [4.78, 5) is 24.3. The molecule has 2 heterocycles. The highest BCUT2D eigenvalue weighted by Gasteiger charge is 2.60. The third-order valence-electron chi connectivity index (χ3n) is 7.62. The van der Waals surface area contributed by atoms with Crippen LogP contribution in [0.3, 0.4) is 0 Å². The molecule has 0 radical (unpaired) electrons. The van der Waals surface area contributed by atoms with Crippen molar-refractivity contribution in [1.82, 2.24) is 0 Å². The van der Waals surface area contributed by atoms with Crippen molar-refractivity contribution in [3.8, 4) is 0 Å². The van der Waals surface area contributed by atoms with Gasteiger partial charge in [0.05, 0.1) is 0 Å². The van der Waals surface area contributed by atoms with Crippen LogP contribution in [0.4, 0.5) is 0 Å². The summed E-state index contributed by atoms with van der Waals surface area (Å²) in [7, 11) is 1.54. The molecule has 5 nitrogen and oxygen atoms in total. The summed E-state index contributed by atoms with van der Waals surface area (Å²) >= 11 is 0. The number of hydrogen-bond donors (Lipinski definition) is 0. The van der Waals surface area contributed by atoms with Crippen LogP contribution in [0.25, 0.3) is 0 Å². The van der Waals surface area contributed by atoms with Gasteiger partial charge in [0.25, 0.3) is 0 Å². The lowest BCUT2D eigenvalue weighted by atomic mass is 9.47. The molecule has 4 rings (SSSR count). The van der Waals surface area contributed by atoms with Gasteiger partial charge < -0.3 is 14.2 Å². The van der Waals surface area contributed by atoms with Crippen LogP contribution in [0.1, 0.15) is 52.4 Å². The number of esters is 2. The monoisotopic (exact) mass is 360 g/mol. The van der Waals surface area contributed by atoms with Crippen LogP contribution in [0.2, 0.25) is 0 Å². The highest BCUT2D eigenvalue weighted by Crippen LogP contribution is 2.64. The molecular weight excluding hydrogens is 332 g/mol. The fraction of sp³-hybridized carbons (Fsp3) is 0.714. The Morgan fingerprint density at radius 2 is 2.08 bits per heavy atom. The molecule has 2 fully saturated rings. The second-order valence-corrected chi connectivity index (χ2v) is 8.63. The number of ether oxygens (including phenoxy) is 3. The van der Waals surface area contributed by atoms with Crippen molar-refractivity contribution in [1.29, 1.82) is 0 Å². The SMILES string of the molecule is COC1C=C(CC[C@@]2(C)C(C)CC[C@@]34COC(=O)C3=CCC[C@@H]42)C(=O)O1. The maximum atomic E-state index is 12.3. The van der Waals surface area contributed by atoms with Gasteiger partial charge in [-0.15, -0.1) is 0 Å². The van der Waals surface area contributed by atoms with Gasteiger partial charge >= 0.3 is 11.9 Å². The van der Waals surface area contributed by atoms with E-state index in [2.05, 4.69) is 19.9 Å². The van der Waals surface area contributed by atoms with E-state index in [1.54, 1.807) is 13.2 Å². The van der Waals surface area contributed by atoms with Crippen LogP contribution < -0.4 is 0 Å². The first-order chi connectivity index (χ1) is 12.4. The Kier molecular flexibility index (Phi) is 4.25. The van der Waals surface area contributed by atoms with E-state index in [1.807, 2.05) is 0 Å². The molecule has 0 aromatic rings. The first-order valence-corrected chi connectivity index (χ1v) is 9.73. The molecule has 0 N–H and O–H groups in total. The third-order valence-corrected chi connectivity index (χ3v) is 7.62. The van der Waals surface area contributed by atoms with E-state index < -0.39 is 6.29 Å². The fourth-order valence-electron chi connectivity index (χ4n) is 5.86. The van der Waals surface area contributed by atoms with Crippen molar-refractivity contribution in [2.24, 2.45) is 22.7 Å². The van der Waals surface area contributed by atoms with Gasteiger partial charge in [0, 0.05) is 23.7 Å². The molecule has 26 heavy (non-hydrogen) atoms. The van der Waals surface area contributed by atoms with Crippen LogP contribution in [0, 0.1) is 22.7 Å². The van der Waals surface area contributed by atoms with Gasteiger partial charge in [-0.05, 0) is 61.9 Å². The minimum absolute atomic E-state index is 0.0675. The highest BCUT2D eigenvalue weighted by atomic mass is 16.7. The molecule has 2 aliphatic carbocycles. The van der Waals surface area contributed by atoms with Crippen LogP contribution >= 0.6 is 0 Å². The maximum absolute atomic E-state index is 12.3. The Bertz CT molecular complexity index is 693. The Morgan fingerprint density at radius 3 is 2.81 bits per heavy atom. The van der Waals surface area contributed by atoms with Crippen molar-refractivity contribution in [2.75, 3.05) is 13.7 Å². The molecule has 0 aromatic heterocycles. The average Bonchev–Trinajstić information content (AvgIpc) is 3.17. The minimum Gasteiger partial charge on any atom is -0.461 e. The molecular formula is C21H28O5. The zero-order valence-corrected chi connectivity index (χ0v) is 15.9. The Morgan fingerprint density at radius 1 is 1.27 bits per heavy atom. The summed E-state index contributed by atoms with van der Waals surface area (Å²) in [6, 6.07) is 0. The van der Waals surface area contributed by atoms with E-state index in [4.69, 9.17) is 14.2 Å². The first-order valence-electron chi connectivity index (χ1n) is 9.73. The largest absolute Gasteiger partial charge is 0.461 e. The Balaban J connectivity index is 1.59. The summed E-state index contributed by atoms with van der Waals surface area (Å²) < 4.78 is 15.8. The molecule has 2 unspecified atom stereocenters. The zero-order chi connectivity index (χ0) is 18.5. The van der Waals surface area contributed by atoms with Gasteiger partial charge in [0.2, 0.25) is 6.29 Å². The van der Waals surface area contributed by atoms with E-state index in [1.165, 1.54) is 0 Å². The lowest BCUT2D eigenvalue weighted by Crippen LogP contribution is -2.51. The Hall–Kier alpha value is -1.62. The van der Waals surface area contributed by atoms with E-state index in [0.29, 0.717) is 24.9 Å². The second-order valence-electron chi connectivity index (χ2n) is 8.63. The quantitative estimate of drug-likeness (QED) is 0.718. The minimum atomic E-state index is -0.550. The van der Waals surface area contributed by atoms with Crippen LogP contribution in [0.5, 0.6) is 0 Å². The molecule has 5 atom stereocenters. The van der Waals surface area contributed by atoms with Gasteiger partial charge in [-0.25, -0.2) is 9.59 Å². The van der Waals surface area contributed by atoms with Gasteiger partial charge in [-0.3, -0.25) is 0 Å². The molecule has 2 aliphatic heterocycles. The summed E-state index contributed by atoms with van der Waals surface area (Å²) in [5.41, 5.74) is 1.59. The lowest BCUT2D eigenvalue weighted by molar-refractivity contribution is -0.155. The van der Waals surface area contributed by atoms with Gasteiger partial charge in [0.1, 0.15) is 6.61 Å². The van der Waals surface area contributed by atoms with Crippen molar-refractivity contribution in [2.45, 2.75) is 58.7 Å². The van der Waals surface area contributed by atoms with E-state index in [-0.39, 0.29) is 22.8 Å². The van der Waals surface area contributed by atoms with Gasteiger partial charge in [0.15, 0.2) is 0 Å². The smallest absolute Gasteiger partial charge is 0.336 e. The normalized spacial score (nSPS) is 41.7. The average molecular weight is 360 g/mol. The summed E-state index contributed by atoms with van der Waals surface area (Å²) in [6.07, 6.45) is 9.12. The molecule has 0 bridgehead atoms. The summed E-state index contributed by atoms with van der Waals surface area (Å²) in [5.74, 6) is 0.588. The van der Waals surface area contributed by atoms with E-state index in [9.17, 15) is 9.59 Å². The summed E-state index contributed by atoms with van der Waals surface area (Å²) in [6.45, 7) is 5.20. The predicted octanol–water partition coefficient (Wildman–Crippen LogP) is 3.54. The van der Waals surface area contributed by atoms with Gasteiger partial charge in [-0.1, -0.05) is 19.9 Å². The van der Waals surface area contributed by atoms with E-state index >= 15 is 0 Å². The number of carbonyl (C=O) groups excluding carboxylic acids is 2. The molecule has 1 spiro atoms. The number of cyclic esters (lactones) is 2. The van der Waals surface area contributed by atoms with Crippen molar-refractivity contribution in [3.63, 3.8) is 0 Å². The van der Waals surface area contributed by atoms with E-state index in [0.717, 1.165) is 43.3 Å². The maximum Gasteiger partial charge on any atom is 0.336 e. The predicted molar refractivity (Wildman–Crippen MR) is 94.9 cm³/mol. The van der Waals surface area contributed by atoms with Crippen molar-refractivity contribution < 1.29 is 23.8 Å². The zero-order valence-electron chi connectivity index (χ0n) is 15.9. The summed E-state index contributed by atoms with van der Waals surface area (Å²) in [5, 5.41) is 0. The topological polar surface area (TPSA) is 61.8 Å².